The van der Waals surface area contributed by atoms with Crippen LogP contribution in [0.4, 0.5) is 0 Å². The topological polar surface area (TPSA) is 62.6 Å². The predicted octanol–water partition coefficient (Wildman–Crippen LogP) is 3.47. The van der Waals surface area contributed by atoms with Gasteiger partial charge < -0.3 is 14.6 Å². The molecule has 1 aromatic carbocycles. The molecule has 2 aromatic rings. The van der Waals surface area contributed by atoms with Crippen molar-refractivity contribution in [3.8, 4) is 0 Å². The molecule has 2 atom stereocenters. The van der Waals surface area contributed by atoms with Gasteiger partial charge in [-0.25, -0.2) is 0 Å². The van der Waals surface area contributed by atoms with Crippen LogP contribution in [-0.2, 0) is 11.3 Å². The van der Waals surface area contributed by atoms with Crippen molar-refractivity contribution >= 4 is 11.8 Å². The number of carbonyl (C=O) groups is 2. The van der Waals surface area contributed by atoms with Crippen molar-refractivity contribution in [3.63, 3.8) is 0 Å². The monoisotopic (exact) mass is 354 g/mol. The molecule has 0 saturated carbocycles. The molecule has 0 radical (unpaired) electrons. The lowest BCUT2D eigenvalue weighted by molar-refractivity contribution is -0.123. The SMILES string of the molecule is CC[C@H]1CN(C(=O)c2ccccc2)CC[C@H]1CC(=O)NCc1ccco1. The molecule has 3 rings (SSSR count). The van der Waals surface area contributed by atoms with Crippen LogP contribution < -0.4 is 5.32 Å². The van der Waals surface area contributed by atoms with E-state index in [4.69, 9.17) is 4.42 Å². The largest absolute Gasteiger partial charge is 0.467 e. The molecule has 1 saturated heterocycles. The maximum absolute atomic E-state index is 12.7. The number of furan rings is 1. The molecule has 1 aromatic heterocycles. The predicted molar refractivity (Wildman–Crippen MR) is 99.4 cm³/mol. The van der Waals surface area contributed by atoms with E-state index in [9.17, 15) is 9.59 Å². The zero-order valence-electron chi connectivity index (χ0n) is 15.2. The number of nitrogens with one attached hydrogen (secondary N) is 1. The summed E-state index contributed by atoms with van der Waals surface area (Å²) in [7, 11) is 0. The Balaban J connectivity index is 1.52. The van der Waals surface area contributed by atoms with Crippen molar-refractivity contribution < 1.29 is 14.0 Å². The summed E-state index contributed by atoms with van der Waals surface area (Å²) in [5, 5.41) is 2.92. The average molecular weight is 354 g/mol. The lowest BCUT2D eigenvalue weighted by atomic mass is 9.81. The van der Waals surface area contributed by atoms with Gasteiger partial charge in [0.2, 0.25) is 5.91 Å². The van der Waals surface area contributed by atoms with E-state index < -0.39 is 0 Å². The number of nitrogens with zero attached hydrogens (tertiary/aromatic N) is 1. The summed E-state index contributed by atoms with van der Waals surface area (Å²) in [4.78, 5) is 26.9. The Morgan fingerprint density at radius 3 is 2.65 bits per heavy atom. The standard InChI is InChI=1S/C21H26N2O3/c1-2-16-15-23(21(25)17-7-4-3-5-8-17)11-10-18(16)13-20(24)22-14-19-9-6-12-26-19/h3-9,12,16,18H,2,10-11,13-15H2,1H3,(H,22,24)/t16-,18-/m0/s1. The zero-order chi connectivity index (χ0) is 18.4. The smallest absolute Gasteiger partial charge is 0.253 e. The number of rotatable bonds is 6. The average Bonchev–Trinajstić information content (AvgIpc) is 3.20. The number of hydrogen-bond acceptors (Lipinski definition) is 3. The summed E-state index contributed by atoms with van der Waals surface area (Å²) >= 11 is 0. The van der Waals surface area contributed by atoms with Crippen LogP contribution in [0.2, 0.25) is 0 Å². The molecule has 0 aliphatic carbocycles. The summed E-state index contributed by atoms with van der Waals surface area (Å²) in [5.41, 5.74) is 0.733. The van der Waals surface area contributed by atoms with Crippen LogP contribution in [0.5, 0.6) is 0 Å². The molecular formula is C21H26N2O3. The minimum absolute atomic E-state index is 0.0488. The van der Waals surface area contributed by atoms with Crippen LogP contribution in [0.15, 0.2) is 53.1 Å². The highest BCUT2D eigenvalue weighted by Gasteiger charge is 2.31. The molecule has 5 nitrogen and oxygen atoms in total. The molecule has 1 aliphatic rings. The minimum atomic E-state index is 0.0488. The van der Waals surface area contributed by atoms with Crippen molar-refractivity contribution in [3.05, 3.63) is 60.1 Å². The Labute approximate surface area is 154 Å². The summed E-state index contributed by atoms with van der Waals surface area (Å²) in [5.74, 6) is 1.56. The summed E-state index contributed by atoms with van der Waals surface area (Å²) in [6.07, 6.45) is 3.95. The van der Waals surface area contributed by atoms with E-state index in [0.717, 1.165) is 30.7 Å². The van der Waals surface area contributed by atoms with Crippen molar-refractivity contribution in [1.82, 2.24) is 10.2 Å². The lowest BCUT2D eigenvalue weighted by Crippen LogP contribution is -2.44. The fraction of sp³-hybridized carbons (Fsp3) is 0.429. The van der Waals surface area contributed by atoms with E-state index in [0.29, 0.717) is 31.3 Å². The van der Waals surface area contributed by atoms with Gasteiger partial charge in [-0.05, 0) is 42.5 Å². The van der Waals surface area contributed by atoms with Gasteiger partial charge in [0.25, 0.3) is 5.91 Å². The second kappa shape index (κ2) is 8.70. The van der Waals surface area contributed by atoms with Gasteiger partial charge in [0.1, 0.15) is 5.76 Å². The first kappa shape index (κ1) is 18.2. The molecule has 26 heavy (non-hydrogen) atoms. The molecule has 5 heteroatoms. The van der Waals surface area contributed by atoms with E-state index in [1.54, 1.807) is 6.26 Å². The third-order valence-electron chi connectivity index (χ3n) is 5.21. The molecule has 138 valence electrons. The Bertz CT molecular complexity index is 712. The van der Waals surface area contributed by atoms with Crippen LogP contribution in [0.25, 0.3) is 0 Å². The Kier molecular flexibility index (Phi) is 6.10. The number of piperidine rings is 1. The van der Waals surface area contributed by atoms with Gasteiger partial charge in [-0.2, -0.15) is 0 Å². The first-order chi connectivity index (χ1) is 12.7. The van der Waals surface area contributed by atoms with E-state index >= 15 is 0 Å². The fourth-order valence-electron chi connectivity index (χ4n) is 3.67. The maximum atomic E-state index is 12.7. The first-order valence-electron chi connectivity index (χ1n) is 9.30. The molecule has 0 unspecified atom stereocenters. The van der Waals surface area contributed by atoms with Crippen molar-refractivity contribution in [1.29, 1.82) is 0 Å². The summed E-state index contributed by atoms with van der Waals surface area (Å²) in [6.45, 7) is 3.99. The molecule has 1 N–H and O–H groups in total. The number of amides is 2. The van der Waals surface area contributed by atoms with Gasteiger partial charge in [-0.15, -0.1) is 0 Å². The number of likely N-dealkylation sites (tertiary alicyclic amines) is 1. The van der Waals surface area contributed by atoms with Crippen LogP contribution in [0, 0.1) is 11.8 Å². The first-order valence-corrected chi connectivity index (χ1v) is 9.30. The van der Waals surface area contributed by atoms with Crippen LogP contribution in [0.3, 0.4) is 0 Å². The second-order valence-electron chi connectivity index (χ2n) is 6.89. The lowest BCUT2D eigenvalue weighted by Gasteiger charge is -2.38. The van der Waals surface area contributed by atoms with Crippen LogP contribution >= 0.6 is 0 Å². The quantitative estimate of drug-likeness (QED) is 0.864. The minimum Gasteiger partial charge on any atom is -0.467 e. The van der Waals surface area contributed by atoms with Gasteiger partial charge in [0.05, 0.1) is 12.8 Å². The highest BCUT2D eigenvalue weighted by molar-refractivity contribution is 5.94. The highest BCUT2D eigenvalue weighted by Crippen LogP contribution is 2.29. The van der Waals surface area contributed by atoms with Crippen molar-refractivity contribution in [2.75, 3.05) is 13.1 Å². The van der Waals surface area contributed by atoms with Gasteiger partial charge >= 0.3 is 0 Å². The molecular weight excluding hydrogens is 328 g/mol. The van der Waals surface area contributed by atoms with Gasteiger partial charge in [-0.1, -0.05) is 31.5 Å². The molecule has 1 fully saturated rings. The maximum Gasteiger partial charge on any atom is 0.253 e. The van der Waals surface area contributed by atoms with Gasteiger partial charge in [-0.3, -0.25) is 9.59 Å². The van der Waals surface area contributed by atoms with Crippen molar-refractivity contribution in [2.24, 2.45) is 11.8 Å². The fourth-order valence-corrected chi connectivity index (χ4v) is 3.67. The van der Waals surface area contributed by atoms with Crippen molar-refractivity contribution in [2.45, 2.75) is 32.7 Å². The van der Waals surface area contributed by atoms with Crippen LogP contribution in [0.1, 0.15) is 42.3 Å². The Morgan fingerprint density at radius 1 is 1.15 bits per heavy atom. The van der Waals surface area contributed by atoms with Gasteiger partial charge in [0, 0.05) is 25.1 Å². The summed E-state index contributed by atoms with van der Waals surface area (Å²) in [6, 6.07) is 13.1. The third-order valence-corrected chi connectivity index (χ3v) is 5.21. The molecule has 2 heterocycles. The summed E-state index contributed by atoms with van der Waals surface area (Å²) < 4.78 is 5.24. The zero-order valence-corrected chi connectivity index (χ0v) is 15.2. The molecule has 0 spiro atoms. The van der Waals surface area contributed by atoms with Gasteiger partial charge in [0.15, 0.2) is 0 Å². The molecule has 2 amide bonds. The van der Waals surface area contributed by atoms with E-state index in [1.807, 2.05) is 47.4 Å². The Hall–Kier alpha value is -2.56. The van der Waals surface area contributed by atoms with E-state index in [1.165, 1.54) is 0 Å². The van der Waals surface area contributed by atoms with Crippen LogP contribution in [-0.4, -0.2) is 29.8 Å². The number of hydrogen-bond donors (Lipinski definition) is 1. The third kappa shape index (κ3) is 4.54. The normalized spacial score (nSPS) is 20.0. The number of benzene rings is 1. The van der Waals surface area contributed by atoms with E-state index in [-0.39, 0.29) is 11.8 Å². The highest BCUT2D eigenvalue weighted by atomic mass is 16.3. The second-order valence-corrected chi connectivity index (χ2v) is 6.89. The Morgan fingerprint density at radius 2 is 1.96 bits per heavy atom. The van der Waals surface area contributed by atoms with E-state index in [2.05, 4.69) is 12.2 Å². The molecule has 1 aliphatic heterocycles. The number of carbonyl (C=O) groups excluding carboxylic acids is 2. The molecule has 0 bridgehead atoms.